The van der Waals surface area contributed by atoms with Gasteiger partial charge in [0.25, 0.3) is 5.91 Å². The topological polar surface area (TPSA) is 32.8 Å². The molecule has 0 radical (unpaired) electrons. The summed E-state index contributed by atoms with van der Waals surface area (Å²) in [6, 6.07) is 14.0. The number of benzene rings is 2. The molecule has 0 bridgehead atoms. The van der Waals surface area contributed by atoms with Crippen LogP contribution in [-0.4, -0.2) is 25.6 Å². The van der Waals surface area contributed by atoms with Gasteiger partial charge in [-0.25, -0.2) is 0 Å². The van der Waals surface area contributed by atoms with Crippen molar-refractivity contribution >= 4 is 26.7 Å². The highest BCUT2D eigenvalue weighted by atomic mass is 31.0. The number of fused-ring (bicyclic) bond motifs is 4. The van der Waals surface area contributed by atoms with E-state index in [0.29, 0.717) is 11.3 Å². The average Bonchev–Trinajstić information content (AvgIpc) is 2.86. The van der Waals surface area contributed by atoms with Crippen molar-refractivity contribution in [3.05, 3.63) is 53.6 Å². The summed E-state index contributed by atoms with van der Waals surface area (Å²) in [7, 11) is 4.36. The second kappa shape index (κ2) is 4.99. The van der Waals surface area contributed by atoms with Gasteiger partial charge in [-0.3, -0.25) is 4.79 Å². The molecule has 112 valence electrons. The van der Waals surface area contributed by atoms with Crippen LogP contribution < -0.4 is 14.3 Å². The van der Waals surface area contributed by atoms with Gasteiger partial charge in [0.2, 0.25) is 0 Å². The van der Waals surface area contributed by atoms with E-state index in [1.54, 1.807) is 7.11 Å². The smallest absolute Gasteiger partial charge is 0.260 e. The number of ether oxygens (including phenoxy) is 1. The molecule has 0 aliphatic carbocycles. The fraction of sp³-hybridized carbons (Fsp3) is 0.235. The first kappa shape index (κ1) is 13.6. The SMILES string of the molecule is COc1ccc2c(c1)C(=O)N1c3ccccc3C[C@H]1CN2P. The minimum Gasteiger partial charge on any atom is -0.497 e. The van der Waals surface area contributed by atoms with E-state index in [2.05, 4.69) is 20.1 Å². The van der Waals surface area contributed by atoms with Crippen LogP contribution in [-0.2, 0) is 6.42 Å². The van der Waals surface area contributed by atoms with Crippen LogP contribution in [0.3, 0.4) is 0 Å². The predicted molar refractivity (Wildman–Crippen MR) is 90.8 cm³/mol. The molecule has 1 unspecified atom stereocenters. The highest BCUT2D eigenvalue weighted by molar-refractivity contribution is 7.19. The molecule has 0 fully saturated rings. The number of methoxy groups -OCH3 is 1. The number of carbonyl (C=O) groups excluding carboxylic acids is 1. The number of para-hydroxylation sites is 1. The molecule has 1 amide bonds. The number of hydrogen-bond donors (Lipinski definition) is 0. The Labute approximate surface area is 131 Å². The molecular formula is C17H17N2O2P. The van der Waals surface area contributed by atoms with E-state index in [1.807, 2.05) is 41.3 Å². The maximum Gasteiger partial charge on any atom is 0.260 e. The normalized spacial score (nSPS) is 19.4. The Morgan fingerprint density at radius 3 is 2.82 bits per heavy atom. The van der Waals surface area contributed by atoms with Crippen molar-refractivity contribution in [2.24, 2.45) is 0 Å². The Morgan fingerprint density at radius 2 is 2.00 bits per heavy atom. The molecule has 0 N–H and O–H groups in total. The van der Waals surface area contributed by atoms with E-state index in [9.17, 15) is 4.79 Å². The van der Waals surface area contributed by atoms with Crippen molar-refractivity contribution in [2.75, 3.05) is 23.2 Å². The third-order valence-corrected chi connectivity index (χ3v) is 4.93. The van der Waals surface area contributed by atoms with Gasteiger partial charge in [0.1, 0.15) is 5.75 Å². The summed E-state index contributed by atoms with van der Waals surface area (Å²) < 4.78 is 7.38. The number of amides is 1. The van der Waals surface area contributed by atoms with Gasteiger partial charge in [-0.1, -0.05) is 18.2 Å². The van der Waals surface area contributed by atoms with Crippen LogP contribution in [0.5, 0.6) is 5.75 Å². The van der Waals surface area contributed by atoms with Crippen LogP contribution in [0.1, 0.15) is 15.9 Å². The minimum atomic E-state index is 0.0498. The van der Waals surface area contributed by atoms with E-state index < -0.39 is 0 Å². The number of anilines is 2. The maximum absolute atomic E-state index is 13.1. The first-order chi connectivity index (χ1) is 10.7. The van der Waals surface area contributed by atoms with E-state index in [1.165, 1.54) is 5.56 Å². The molecule has 2 aromatic carbocycles. The van der Waals surface area contributed by atoms with Gasteiger partial charge in [-0.2, -0.15) is 0 Å². The first-order valence-corrected chi connectivity index (χ1v) is 7.82. The molecule has 2 aliphatic rings. The van der Waals surface area contributed by atoms with E-state index >= 15 is 0 Å². The second-order valence-corrected chi connectivity index (χ2v) is 6.32. The van der Waals surface area contributed by atoms with Gasteiger partial charge in [0.05, 0.1) is 24.4 Å². The molecule has 0 saturated heterocycles. The van der Waals surface area contributed by atoms with Gasteiger partial charge in [0, 0.05) is 12.2 Å². The Bertz CT molecular complexity index is 762. The highest BCUT2D eigenvalue weighted by Crippen LogP contribution is 2.40. The van der Waals surface area contributed by atoms with Crippen molar-refractivity contribution in [3.8, 4) is 5.75 Å². The van der Waals surface area contributed by atoms with Crippen molar-refractivity contribution in [2.45, 2.75) is 12.5 Å². The van der Waals surface area contributed by atoms with Gasteiger partial charge in [-0.15, -0.1) is 0 Å². The molecule has 2 atom stereocenters. The quantitative estimate of drug-likeness (QED) is 0.759. The van der Waals surface area contributed by atoms with Crippen molar-refractivity contribution in [1.82, 2.24) is 0 Å². The van der Waals surface area contributed by atoms with Crippen LogP contribution in [0.15, 0.2) is 42.5 Å². The van der Waals surface area contributed by atoms with Crippen molar-refractivity contribution < 1.29 is 9.53 Å². The van der Waals surface area contributed by atoms with E-state index in [-0.39, 0.29) is 11.9 Å². The third kappa shape index (κ3) is 1.91. The average molecular weight is 312 g/mol. The number of rotatable bonds is 1. The molecule has 2 aliphatic heterocycles. The van der Waals surface area contributed by atoms with Crippen LogP contribution in [0.25, 0.3) is 0 Å². The van der Waals surface area contributed by atoms with E-state index in [4.69, 9.17) is 4.74 Å². The summed E-state index contributed by atoms with van der Waals surface area (Å²) in [6.45, 7) is 0.796. The second-order valence-electron chi connectivity index (χ2n) is 5.70. The number of carbonyl (C=O) groups is 1. The fourth-order valence-electron chi connectivity index (χ4n) is 3.40. The maximum atomic E-state index is 13.1. The van der Waals surface area contributed by atoms with Gasteiger partial charge >= 0.3 is 0 Å². The lowest BCUT2D eigenvalue weighted by Crippen LogP contribution is -2.40. The summed E-state index contributed by atoms with van der Waals surface area (Å²) in [5.41, 5.74) is 3.90. The fourth-order valence-corrected chi connectivity index (χ4v) is 3.87. The zero-order valence-corrected chi connectivity index (χ0v) is 13.5. The van der Waals surface area contributed by atoms with Gasteiger partial charge < -0.3 is 14.3 Å². The standard InChI is InChI=1S/C17H17N2O2P/c1-21-13-6-7-16-14(9-13)17(20)19-12(10-18(16)22)8-11-4-2-3-5-15(11)19/h2-7,9,12H,8,10,22H2,1H3/t12-/m0/s1. The molecule has 0 saturated carbocycles. The molecule has 0 spiro atoms. The summed E-state index contributed by atoms with van der Waals surface area (Å²) in [5.74, 6) is 0.755. The Morgan fingerprint density at radius 1 is 1.18 bits per heavy atom. The van der Waals surface area contributed by atoms with Crippen LogP contribution >= 0.6 is 9.39 Å². The molecule has 4 nitrogen and oxygen atoms in total. The van der Waals surface area contributed by atoms with Crippen molar-refractivity contribution in [3.63, 3.8) is 0 Å². The van der Waals surface area contributed by atoms with Crippen LogP contribution in [0.4, 0.5) is 11.4 Å². The predicted octanol–water partition coefficient (Wildman–Crippen LogP) is 2.88. The molecule has 5 heteroatoms. The summed E-state index contributed by atoms with van der Waals surface area (Å²) >= 11 is 0. The minimum absolute atomic E-state index is 0.0498. The number of hydrogen-bond acceptors (Lipinski definition) is 3. The molecule has 22 heavy (non-hydrogen) atoms. The lowest BCUT2D eigenvalue weighted by molar-refractivity contribution is 0.0983. The number of nitrogens with zero attached hydrogens (tertiary/aromatic N) is 2. The Balaban J connectivity index is 1.87. The largest absolute Gasteiger partial charge is 0.497 e. The zero-order chi connectivity index (χ0) is 15.3. The Hall–Kier alpha value is -2.06. The summed E-state index contributed by atoms with van der Waals surface area (Å²) in [6.07, 6.45) is 0.901. The molecular weight excluding hydrogens is 295 g/mol. The van der Waals surface area contributed by atoms with Gasteiger partial charge in [-0.05, 0) is 45.6 Å². The summed E-state index contributed by atoms with van der Waals surface area (Å²) in [4.78, 5) is 15.1. The first-order valence-electron chi connectivity index (χ1n) is 7.31. The van der Waals surface area contributed by atoms with E-state index in [0.717, 1.165) is 24.3 Å². The zero-order valence-electron chi connectivity index (χ0n) is 12.3. The highest BCUT2D eigenvalue weighted by Gasteiger charge is 2.38. The summed E-state index contributed by atoms with van der Waals surface area (Å²) in [5, 5.41) is 0. The monoisotopic (exact) mass is 312 g/mol. The Kier molecular flexibility index (Phi) is 3.08. The molecule has 4 rings (SSSR count). The van der Waals surface area contributed by atoms with Gasteiger partial charge in [0.15, 0.2) is 0 Å². The third-order valence-electron chi connectivity index (χ3n) is 4.44. The van der Waals surface area contributed by atoms with Crippen LogP contribution in [0, 0.1) is 0 Å². The van der Waals surface area contributed by atoms with Crippen molar-refractivity contribution in [1.29, 1.82) is 0 Å². The molecule has 2 heterocycles. The lowest BCUT2D eigenvalue weighted by Gasteiger charge is -2.24. The molecule has 0 aromatic heterocycles. The lowest BCUT2D eigenvalue weighted by atomic mass is 10.1. The molecule has 2 aromatic rings. The van der Waals surface area contributed by atoms with Crippen LogP contribution in [0.2, 0.25) is 0 Å².